The fourth-order valence-electron chi connectivity index (χ4n) is 1.79. The van der Waals surface area contributed by atoms with E-state index < -0.39 is 21.8 Å². The van der Waals surface area contributed by atoms with Gasteiger partial charge < -0.3 is 15.8 Å². The Labute approximate surface area is 123 Å². The summed E-state index contributed by atoms with van der Waals surface area (Å²) in [6.45, 7) is 1.68. The fraction of sp³-hybridized carbons (Fsp3) is 0.417. The summed E-state index contributed by atoms with van der Waals surface area (Å²) in [7, 11) is -1.91. The van der Waals surface area contributed by atoms with Gasteiger partial charge in [0.05, 0.1) is 29.1 Å². The van der Waals surface area contributed by atoms with Crippen LogP contribution in [0.2, 0.25) is 5.02 Å². The number of ether oxygens (including phenoxy) is 1. The Hall–Kier alpha value is -1.47. The maximum Gasteiger partial charge on any atom is 0.340 e. The fourth-order valence-corrected chi connectivity index (χ4v) is 3.06. The van der Waals surface area contributed by atoms with Crippen LogP contribution >= 0.6 is 11.6 Å². The molecule has 6 nitrogen and oxygen atoms in total. The highest BCUT2D eigenvalue weighted by Gasteiger charge is 2.19. The van der Waals surface area contributed by atoms with Gasteiger partial charge in [-0.25, -0.2) is 13.2 Å². The zero-order valence-electron chi connectivity index (χ0n) is 11.4. The number of benzene rings is 1. The number of hydrogen-bond acceptors (Lipinski definition) is 6. The third-order valence-corrected chi connectivity index (χ3v) is 3.86. The lowest BCUT2D eigenvalue weighted by atomic mass is 10.1. The highest BCUT2D eigenvalue weighted by Crippen LogP contribution is 2.30. The van der Waals surface area contributed by atoms with Crippen molar-refractivity contribution in [1.82, 2.24) is 0 Å². The van der Waals surface area contributed by atoms with Crippen molar-refractivity contribution in [3.63, 3.8) is 0 Å². The van der Waals surface area contributed by atoms with E-state index in [1.807, 2.05) is 0 Å². The molecular formula is C12H17ClN2O4S. The molecule has 20 heavy (non-hydrogen) atoms. The first-order valence-electron chi connectivity index (χ1n) is 5.75. The van der Waals surface area contributed by atoms with E-state index in [0.29, 0.717) is 11.4 Å². The third-order valence-electron chi connectivity index (χ3n) is 2.46. The summed E-state index contributed by atoms with van der Waals surface area (Å²) in [5.41, 5.74) is 6.43. The number of halogens is 1. The third kappa shape index (κ3) is 4.57. The van der Waals surface area contributed by atoms with E-state index in [2.05, 4.69) is 10.1 Å². The molecule has 0 amide bonds. The van der Waals surface area contributed by atoms with Gasteiger partial charge in [0, 0.05) is 18.0 Å². The summed E-state index contributed by atoms with van der Waals surface area (Å²) in [4.78, 5) is 11.7. The first kappa shape index (κ1) is 16.6. The predicted molar refractivity (Wildman–Crippen MR) is 80.0 cm³/mol. The highest BCUT2D eigenvalue weighted by molar-refractivity contribution is 7.90. The molecule has 3 N–H and O–H groups in total. The van der Waals surface area contributed by atoms with Gasteiger partial charge in [-0.2, -0.15) is 0 Å². The Morgan fingerprint density at radius 1 is 1.50 bits per heavy atom. The van der Waals surface area contributed by atoms with Gasteiger partial charge in [0.2, 0.25) is 0 Å². The van der Waals surface area contributed by atoms with Gasteiger partial charge in [0.1, 0.15) is 9.84 Å². The van der Waals surface area contributed by atoms with Crippen LogP contribution in [0.4, 0.5) is 11.4 Å². The van der Waals surface area contributed by atoms with Gasteiger partial charge in [-0.05, 0) is 19.1 Å². The van der Waals surface area contributed by atoms with E-state index in [9.17, 15) is 13.2 Å². The van der Waals surface area contributed by atoms with E-state index in [4.69, 9.17) is 17.3 Å². The lowest BCUT2D eigenvalue weighted by molar-refractivity contribution is 0.0602. The second-order valence-corrected chi connectivity index (χ2v) is 7.15. The quantitative estimate of drug-likeness (QED) is 0.631. The molecule has 0 aliphatic rings. The van der Waals surface area contributed by atoms with Crippen LogP contribution in [0.25, 0.3) is 0 Å². The maximum atomic E-state index is 11.7. The van der Waals surface area contributed by atoms with Crippen molar-refractivity contribution in [3.8, 4) is 0 Å². The van der Waals surface area contributed by atoms with Crippen LogP contribution in [0.3, 0.4) is 0 Å². The average Bonchev–Trinajstić information content (AvgIpc) is 2.29. The van der Waals surface area contributed by atoms with Crippen molar-refractivity contribution in [2.75, 3.05) is 30.2 Å². The largest absolute Gasteiger partial charge is 0.465 e. The van der Waals surface area contributed by atoms with E-state index in [1.54, 1.807) is 6.92 Å². The lowest BCUT2D eigenvalue weighted by Gasteiger charge is -2.18. The Morgan fingerprint density at radius 2 is 2.10 bits per heavy atom. The van der Waals surface area contributed by atoms with Crippen LogP contribution in [0.15, 0.2) is 12.1 Å². The summed E-state index contributed by atoms with van der Waals surface area (Å²) in [6.07, 6.45) is 1.14. The molecule has 8 heteroatoms. The van der Waals surface area contributed by atoms with Crippen molar-refractivity contribution in [2.24, 2.45) is 0 Å². The minimum absolute atomic E-state index is 0.0890. The monoisotopic (exact) mass is 320 g/mol. The zero-order valence-corrected chi connectivity index (χ0v) is 13.0. The van der Waals surface area contributed by atoms with Gasteiger partial charge in [-0.1, -0.05) is 11.6 Å². The predicted octanol–water partition coefficient (Wildman–Crippen LogP) is 1.55. The van der Waals surface area contributed by atoms with Gasteiger partial charge in [0.25, 0.3) is 0 Å². The molecular weight excluding hydrogens is 304 g/mol. The normalized spacial score (nSPS) is 12.8. The molecule has 0 radical (unpaired) electrons. The van der Waals surface area contributed by atoms with Gasteiger partial charge in [-0.3, -0.25) is 0 Å². The molecule has 112 valence electrons. The van der Waals surface area contributed by atoms with Crippen LogP contribution in [0.1, 0.15) is 17.3 Å². The minimum Gasteiger partial charge on any atom is -0.465 e. The first-order chi connectivity index (χ1) is 9.14. The summed E-state index contributed by atoms with van der Waals surface area (Å²) < 4.78 is 27.2. The number of rotatable bonds is 5. The topological polar surface area (TPSA) is 98.5 Å². The molecule has 1 aromatic rings. The average molecular weight is 321 g/mol. The van der Waals surface area contributed by atoms with Crippen LogP contribution < -0.4 is 11.1 Å². The number of methoxy groups -OCH3 is 1. The standard InChI is InChI=1S/C12H17ClN2O4S/c1-7(6-20(3,17)18)15-11-9(12(16)19-2)4-8(14)5-10(11)13/h4-5,7,15H,6,14H2,1-3H3. The number of nitrogens with one attached hydrogen (secondary N) is 1. The van der Waals surface area contributed by atoms with Crippen LogP contribution in [-0.4, -0.2) is 39.5 Å². The molecule has 1 unspecified atom stereocenters. The summed E-state index contributed by atoms with van der Waals surface area (Å²) >= 11 is 6.05. The summed E-state index contributed by atoms with van der Waals surface area (Å²) in [6, 6.07) is 2.48. The van der Waals surface area contributed by atoms with Crippen LogP contribution in [0.5, 0.6) is 0 Å². The maximum absolute atomic E-state index is 11.7. The molecule has 0 aromatic heterocycles. The van der Waals surface area contributed by atoms with E-state index in [0.717, 1.165) is 6.26 Å². The highest BCUT2D eigenvalue weighted by atomic mass is 35.5. The van der Waals surface area contributed by atoms with Crippen molar-refractivity contribution in [3.05, 3.63) is 22.7 Å². The minimum atomic E-state index is -3.15. The summed E-state index contributed by atoms with van der Waals surface area (Å²) in [5, 5.41) is 3.14. The van der Waals surface area contributed by atoms with Crippen molar-refractivity contribution in [2.45, 2.75) is 13.0 Å². The van der Waals surface area contributed by atoms with E-state index >= 15 is 0 Å². The number of anilines is 2. The Bertz CT molecular complexity index is 616. The zero-order chi connectivity index (χ0) is 15.5. The molecule has 0 bridgehead atoms. The van der Waals surface area contributed by atoms with Crippen molar-refractivity contribution < 1.29 is 17.9 Å². The second-order valence-electron chi connectivity index (χ2n) is 4.55. The Morgan fingerprint density at radius 3 is 2.60 bits per heavy atom. The molecule has 0 spiro atoms. The molecule has 0 fully saturated rings. The number of esters is 1. The Kier molecular flexibility index (Phi) is 5.24. The van der Waals surface area contributed by atoms with Gasteiger partial charge in [0.15, 0.2) is 0 Å². The summed E-state index contributed by atoms with van der Waals surface area (Å²) in [5.74, 6) is -0.692. The smallest absolute Gasteiger partial charge is 0.340 e. The van der Waals surface area contributed by atoms with E-state index in [-0.39, 0.29) is 16.3 Å². The molecule has 0 saturated carbocycles. The number of nitrogens with two attached hydrogens (primary N) is 1. The molecule has 0 saturated heterocycles. The lowest BCUT2D eigenvalue weighted by Crippen LogP contribution is -2.26. The number of carbonyl (C=O) groups excluding carboxylic acids is 1. The van der Waals surface area contributed by atoms with Crippen molar-refractivity contribution >= 4 is 38.8 Å². The molecule has 0 aliphatic heterocycles. The molecule has 0 aliphatic carbocycles. The van der Waals surface area contributed by atoms with E-state index in [1.165, 1.54) is 19.2 Å². The SMILES string of the molecule is COC(=O)c1cc(N)cc(Cl)c1NC(C)CS(C)(=O)=O. The van der Waals surface area contributed by atoms with Crippen LogP contribution in [0, 0.1) is 0 Å². The second kappa shape index (κ2) is 6.32. The number of carbonyl (C=O) groups is 1. The van der Waals surface area contributed by atoms with Crippen LogP contribution in [-0.2, 0) is 14.6 Å². The molecule has 1 atom stereocenters. The number of sulfone groups is 1. The van der Waals surface area contributed by atoms with Crippen molar-refractivity contribution in [1.29, 1.82) is 0 Å². The van der Waals surface area contributed by atoms with Gasteiger partial charge in [-0.15, -0.1) is 0 Å². The molecule has 1 aromatic carbocycles. The number of hydrogen-bond donors (Lipinski definition) is 2. The molecule has 1 rings (SSSR count). The van der Waals surface area contributed by atoms with Gasteiger partial charge >= 0.3 is 5.97 Å². The molecule has 0 heterocycles. The first-order valence-corrected chi connectivity index (χ1v) is 8.19. The Balaban J connectivity index is 3.13. The number of nitrogen functional groups attached to an aromatic ring is 1.